The molecule has 1 aromatic heterocycles. The van der Waals surface area contributed by atoms with Crippen molar-refractivity contribution in [3.05, 3.63) is 18.1 Å². The highest BCUT2D eigenvalue weighted by Crippen LogP contribution is 2.32. The first-order chi connectivity index (χ1) is 8.20. The molecule has 17 heavy (non-hydrogen) atoms. The molecule has 1 aliphatic carbocycles. The average Bonchev–Trinajstić information content (AvgIpc) is 3.19. The van der Waals surface area contributed by atoms with E-state index in [1.54, 1.807) is 6.07 Å². The normalized spacial score (nSPS) is 16.4. The quantitative estimate of drug-likeness (QED) is 0.723. The molecule has 0 aliphatic heterocycles. The molecule has 6 heteroatoms. The van der Waals surface area contributed by atoms with Gasteiger partial charge in [0.15, 0.2) is 0 Å². The van der Waals surface area contributed by atoms with Crippen molar-refractivity contribution < 1.29 is 14.6 Å². The monoisotopic (exact) mass is 237 g/mol. The van der Waals surface area contributed by atoms with Crippen molar-refractivity contribution in [1.29, 1.82) is 0 Å². The second-order valence-corrected chi connectivity index (χ2v) is 4.04. The summed E-state index contributed by atoms with van der Waals surface area (Å²) in [6.07, 6.45) is 3.29. The molecule has 0 radical (unpaired) electrons. The molecule has 1 heterocycles. The lowest BCUT2D eigenvalue weighted by Gasteiger charge is -2.11. The highest BCUT2D eigenvalue weighted by Gasteiger charge is 2.29. The van der Waals surface area contributed by atoms with Crippen molar-refractivity contribution in [3.8, 4) is 0 Å². The number of carbonyl (C=O) groups is 1. The Morgan fingerprint density at radius 3 is 3.12 bits per heavy atom. The summed E-state index contributed by atoms with van der Waals surface area (Å²) in [5, 5.41) is 12.7. The number of nitrogens with one attached hydrogen (secondary N) is 1. The van der Waals surface area contributed by atoms with E-state index in [9.17, 15) is 9.90 Å². The van der Waals surface area contributed by atoms with Crippen molar-refractivity contribution >= 4 is 11.8 Å². The van der Waals surface area contributed by atoms with E-state index in [1.165, 1.54) is 13.3 Å². The number of aliphatic hydroxyl groups excluding tert-OH is 1. The third-order valence-electron chi connectivity index (χ3n) is 2.68. The van der Waals surface area contributed by atoms with E-state index >= 15 is 0 Å². The Labute approximate surface area is 99.0 Å². The summed E-state index contributed by atoms with van der Waals surface area (Å²) in [5.41, 5.74) is 0. The Morgan fingerprint density at radius 1 is 1.71 bits per heavy atom. The molecule has 6 nitrogen and oxygen atoms in total. The van der Waals surface area contributed by atoms with Gasteiger partial charge in [-0.05, 0) is 24.8 Å². The molecule has 2 rings (SSSR count). The summed E-state index contributed by atoms with van der Waals surface area (Å²) < 4.78 is 4.52. The second kappa shape index (κ2) is 5.09. The summed E-state index contributed by atoms with van der Waals surface area (Å²) >= 11 is 0. The minimum absolute atomic E-state index is 0.0124. The molecule has 0 amide bonds. The summed E-state index contributed by atoms with van der Waals surface area (Å²) in [6, 6.07) is 1.64. The molecule has 2 N–H and O–H groups in total. The first-order valence-electron chi connectivity index (χ1n) is 5.54. The predicted molar refractivity (Wildman–Crippen MR) is 60.6 cm³/mol. The number of ether oxygens (including phenoxy) is 1. The maximum Gasteiger partial charge on any atom is 0.376 e. The Morgan fingerprint density at radius 2 is 2.47 bits per heavy atom. The summed E-state index contributed by atoms with van der Waals surface area (Å²) in [4.78, 5) is 19.0. The number of esters is 1. The van der Waals surface area contributed by atoms with Gasteiger partial charge in [-0.1, -0.05) is 0 Å². The molecule has 1 unspecified atom stereocenters. The van der Waals surface area contributed by atoms with Crippen LogP contribution in [0, 0.1) is 5.92 Å². The van der Waals surface area contributed by atoms with Gasteiger partial charge in [0.1, 0.15) is 5.82 Å². The van der Waals surface area contributed by atoms with Crippen molar-refractivity contribution in [2.24, 2.45) is 5.92 Å². The minimum atomic E-state index is -0.573. The molecule has 1 atom stereocenters. The van der Waals surface area contributed by atoms with Crippen LogP contribution in [0.15, 0.2) is 12.3 Å². The lowest BCUT2D eigenvalue weighted by Crippen LogP contribution is -2.22. The summed E-state index contributed by atoms with van der Waals surface area (Å²) in [7, 11) is 1.28. The van der Waals surface area contributed by atoms with Crippen molar-refractivity contribution in [2.45, 2.75) is 18.9 Å². The van der Waals surface area contributed by atoms with E-state index in [1.807, 2.05) is 0 Å². The molecule has 1 aliphatic rings. The van der Waals surface area contributed by atoms with Crippen LogP contribution < -0.4 is 5.32 Å². The van der Waals surface area contributed by atoms with E-state index in [2.05, 4.69) is 20.0 Å². The van der Waals surface area contributed by atoms with Gasteiger partial charge in [-0.3, -0.25) is 0 Å². The van der Waals surface area contributed by atoms with Crippen LogP contribution in [-0.4, -0.2) is 40.8 Å². The van der Waals surface area contributed by atoms with E-state index in [0.717, 1.165) is 12.8 Å². The van der Waals surface area contributed by atoms with Crippen molar-refractivity contribution in [1.82, 2.24) is 9.97 Å². The van der Waals surface area contributed by atoms with Gasteiger partial charge >= 0.3 is 5.97 Å². The summed E-state index contributed by atoms with van der Waals surface area (Å²) in [6.45, 7) is 0.433. The minimum Gasteiger partial charge on any atom is -0.463 e. The lowest BCUT2D eigenvalue weighted by atomic mass is 10.2. The SMILES string of the molecule is COC(=O)c1nccc(NCC(O)C2CC2)n1. The number of rotatable bonds is 5. The number of nitrogens with zero attached hydrogens (tertiary/aromatic N) is 2. The predicted octanol–water partition coefficient (Wildman–Crippen LogP) is 0.446. The van der Waals surface area contributed by atoms with Gasteiger partial charge < -0.3 is 15.2 Å². The van der Waals surface area contributed by atoms with Gasteiger partial charge in [-0.2, -0.15) is 0 Å². The smallest absolute Gasteiger partial charge is 0.376 e. The van der Waals surface area contributed by atoms with Crippen LogP contribution in [-0.2, 0) is 4.74 Å². The van der Waals surface area contributed by atoms with Crippen LogP contribution >= 0.6 is 0 Å². The Bertz CT molecular complexity index is 407. The first kappa shape index (κ1) is 11.8. The third-order valence-corrected chi connectivity index (χ3v) is 2.68. The first-order valence-corrected chi connectivity index (χ1v) is 5.54. The molecule has 92 valence electrons. The summed E-state index contributed by atoms with van der Waals surface area (Å²) in [5.74, 6) is 0.360. The molecule has 0 spiro atoms. The zero-order chi connectivity index (χ0) is 12.3. The van der Waals surface area contributed by atoms with Crippen molar-refractivity contribution in [2.75, 3.05) is 19.0 Å². The van der Waals surface area contributed by atoms with E-state index in [4.69, 9.17) is 0 Å². The highest BCUT2D eigenvalue weighted by molar-refractivity contribution is 5.85. The molecule has 0 bridgehead atoms. The molecular formula is C11H15N3O3. The van der Waals surface area contributed by atoms with Crippen LogP contribution in [0.25, 0.3) is 0 Å². The number of methoxy groups -OCH3 is 1. The van der Waals surface area contributed by atoms with Crippen LogP contribution in [0.5, 0.6) is 0 Å². The molecule has 0 aromatic carbocycles. The zero-order valence-corrected chi connectivity index (χ0v) is 9.59. The highest BCUT2D eigenvalue weighted by atomic mass is 16.5. The number of anilines is 1. The van der Waals surface area contributed by atoms with Gasteiger partial charge in [0.2, 0.25) is 5.82 Å². The third kappa shape index (κ3) is 3.13. The van der Waals surface area contributed by atoms with Gasteiger partial charge in [0, 0.05) is 12.7 Å². The van der Waals surface area contributed by atoms with E-state index < -0.39 is 5.97 Å². The van der Waals surface area contributed by atoms with Gasteiger partial charge in [-0.15, -0.1) is 0 Å². The standard InChI is InChI=1S/C11H15N3O3/c1-17-11(16)10-12-5-4-9(14-10)13-6-8(15)7-2-3-7/h4-5,7-8,15H,2-3,6H2,1H3,(H,12,13,14). The number of carbonyl (C=O) groups excluding carboxylic acids is 1. The number of aliphatic hydroxyl groups is 1. The molecule has 1 aromatic rings. The average molecular weight is 237 g/mol. The maximum atomic E-state index is 11.2. The van der Waals surface area contributed by atoms with Crippen molar-refractivity contribution in [3.63, 3.8) is 0 Å². The van der Waals surface area contributed by atoms with Crippen LogP contribution in [0.1, 0.15) is 23.5 Å². The van der Waals surface area contributed by atoms with Gasteiger partial charge in [0.25, 0.3) is 0 Å². The topological polar surface area (TPSA) is 84.3 Å². The van der Waals surface area contributed by atoms with Gasteiger partial charge in [-0.25, -0.2) is 14.8 Å². The number of aromatic nitrogens is 2. The maximum absolute atomic E-state index is 11.2. The van der Waals surface area contributed by atoms with Crippen LogP contribution in [0.4, 0.5) is 5.82 Å². The fourth-order valence-electron chi connectivity index (χ4n) is 1.50. The fraction of sp³-hybridized carbons (Fsp3) is 0.545. The Balaban J connectivity index is 1.93. The molecule has 1 fully saturated rings. The number of hydrogen-bond donors (Lipinski definition) is 2. The largest absolute Gasteiger partial charge is 0.463 e. The van der Waals surface area contributed by atoms with E-state index in [0.29, 0.717) is 18.3 Å². The Kier molecular flexibility index (Phi) is 3.53. The second-order valence-electron chi connectivity index (χ2n) is 4.04. The molecule has 0 saturated heterocycles. The fourth-order valence-corrected chi connectivity index (χ4v) is 1.50. The number of hydrogen-bond acceptors (Lipinski definition) is 6. The molecular weight excluding hydrogens is 222 g/mol. The van der Waals surface area contributed by atoms with E-state index in [-0.39, 0.29) is 11.9 Å². The Hall–Kier alpha value is -1.69. The van der Waals surface area contributed by atoms with Crippen LogP contribution in [0.3, 0.4) is 0 Å². The van der Waals surface area contributed by atoms with Crippen LogP contribution in [0.2, 0.25) is 0 Å². The lowest BCUT2D eigenvalue weighted by molar-refractivity contribution is 0.0587. The van der Waals surface area contributed by atoms with Gasteiger partial charge in [0.05, 0.1) is 13.2 Å². The zero-order valence-electron chi connectivity index (χ0n) is 9.59. The molecule has 1 saturated carbocycles.